The summed E-state index contributed by atoms with van der Waals surface area (Å²) in [5.41, 5.74) is 7.85. The largest absolute Gasteiger partial charge is 0.369 e. The van der Waals surface area contributed by atoms with Gasteiger partial charge in [-0.15, -0.1) is 0 Å². The molecule has 4 nitrogen and oxygen atoms in total. The van der Waals surface area contributed by atoms with Crippen molar-refractivity contribution < 1.29 is 0 Å². The lowest BCUT2D eigenvalue weighted by Gasteiger charge is -2.29. The first-order valence-corrected chi connectivity index (χ1v) is 6.82. The molecular formula is C14H20N4. The number of nitrogens with two attached hydrogens (primary N) is 1. The molecule has 2 N–H and O–H groups in total. The zero-order valence-corrected chi connectivity index (χ0v) is 10.8. The van der Waals surface area contributed by atoms with Crippen molar-refractivity contribution in [3.63, 3.8) is 0 Å². The van der Waals surface area contributed by atoms with Crippen LogP contribution in [0.4, 0.5) is 5.95 Å². The molecule has 2 heterocycles. The summed E-state index contributed by atoms with van der Waals surface area (Å²) >= 11 is 0. The number of fused-ring (bicyclic) bond motifs is 1. The van der Waals surface area contributed by atoms with Crippen molar-refractivity contribution in [2.24, 2.45) is 11.8 Å². The molecule has 2 aromatic heterocycles. The maximum Gasteiger partial charge on any atom is 0.202 e. The van der Waals surface area contributed by atoms with E-state index in [9.17, 15) is 0 Å². The second-order valence-corrected chi connectivity index (χ2v) is 5.45. The number of hydrogen-bond acceptors (Lipinski definition) is 3. The maximum atomic E-state index is 6.03. The molecule has 2 atom stereocenters. The summed E-state index contributed by atoms with van der Waals surface area (Å²) in [5.74, 6) is 2.08. The van der Waals surface area contributed by atoms with Gasteiger partial charge in [-0.3, -0.25) is 4.57 Å². The van der Waals surface area contributed by atoms with E-state index in [2.05, 4.69) is 21.5 Å². The third kappa shape index (κ3) is 1.96. The summed E-state index contributed by atoms with van der Waals surface area (Å²) in [6.45, 7) is 3.31. The molecule has 0 aliphatic heterocycles. The topological polar surface area (TPSA) is 56.7 Å². The number of aromatic nitrogens is 3. The highest BCUT2D eigenvalue weighted by Gasteiger charge is 2.23. The molecule has 96 valence electrons. The monoisotopic (exact) mass is 244 g/mol. The first kappa shape index (κ1) is 11.5. The molecule has 2 unspecified atom stereocenters. The average Bonchev–Trinajstić information content (AvgIpc) is 2.69. The van der Waals surface area contributed by atoms with Crippen molar-refractivity contribution in [2.75, 3.05) is 5.73 Å². The lowest BCUT2D eigenvalue weighted by Crippen LogP contribution is -2.22. The number of imidazole rings is 1. The molecule has 3 rings (SSSR count). The van der Waals surface area contributed by atoms with E-state index in [0.29, 0.717) is 11.9 Å². The van der Waals surface area contributed by atoms with Crippen molar-refractivity contribution in [1.82, 2.24) is 14.5 Å². The number of hydrogen-bond donors (Lipinski definition) is 1. The van der Waals surface area contributed by atoms with Crippen LogP contribution in [-0.4, -0.2) is 14.5 Å². The number of nitrogens with zero attached hydrogens (tertiary/aromatic N) is 3. The number of rotatable bonds is 2. The van der Waals surface area contributed by atoms with Gasteiger partial charge in [-0.2, -0.15) is 0 Å². The molecule has 1 aliphatic carbocycles. The fraction of sp³-hybridized carbons (Fsp3) is 0.571. The van der Waals surface area contributed by atoms with Crippen molar-refractivity contribution >= 4 is 17.1 Å². The molecule has 0 saturated heterocycles. The van der Waals surface area contributed by atoms with Crippen LogP contribution in [0.15, 0.2) is 18.3 Å². The summed E-state index contributed by atoms with van der Waals surface area (Å²) in [6, 6.07) is 3.88. The van der Waals surface area contributed by atoms with Gasteiger partial charge < -0.3 is 5.73 Å². The fourth-order valence-electron chi connectivity index (χ4n) is 3.05. The predicted octanol–water partition coefficient (Wildman–Crippen LogP) is 2.84. The Morgan fingerprint density at radius 2 is 2.22 bits per heavy atom. The van der Waals surface area contributed by atoms with Crippen LogP contribution < -0.4 is 5.73 Å². The van der Waals surface area contributed by atoms with Gasteiger partial charge in [0.05, 0.1) is 0 Å². The molecule has 0 bridgehead atoms. The highest BCUT2D eigenvalue weighted by Crippen LogP contribution is 2.32. The first-order valence-electron chi connectivity index (χ1n) is 6.82. The number of anilines is 1. The van der Waals surface area contributed by atoms with Crippen molar-refractivity contribution in [1.29, 1.82) is 0 Å². The van der Waals surface area contributed by atoms with Gasteiger partial charge in [-0.05, 0) is 30.4 Å². The zero-order valence-electron chi connectivity index (χ0n) is 10.8. The van der Waals surface area contributed by atoms with E-state index in [1.54, 1.807) is 0 Å². The Hall–Kier alpha value is -1.58. The van der Waals surface area contributed by atoms with Crippen LogP contribution in [0.3, 0.4) is 0 Å². The lowest BCUT2D eigenvalue weighted by molar-refractivity contribution is 0.231. The normalized spacial score (nSPS) is 24.5. The first-order chi connectivity index (χ1) is 8.75. The van der Waals surface area contributed by atoms with Crippen LogP contribution in [0.2, 0.25) is 0 Å². The quantitative estimate of drug-likeness (QED) is 0.883. The molecule has 1 fully saturated rings. The molecule has 1 saturated carbocycles. The van der Waals surface area contributed by atoms with E-state index in [-0.39, 0.29) is 0 Å². The van der Waals surface area contributed by atoms with E-state index in [4.69, 9.17) is 5.73 Å². The van der Waals surface area contributed by atoms with Gasteiger partial charge in [0.1, 0.15) is 5.52 Å². The summed E-state index contributed by atoms with van der Waals surface area (Å²) in [4.78, 5) is 8.79. The van der Waals surface area contributed by atoms with Gasteiger partial charge in [-0.25, -0.2) is 9.97 Å². The Balaban J connectivity index is 1.92. The molecule has 0 radical (unpaired) electrons. The molecular weight excluding hydrogens is 224 g/mol. The fourth-order valence-corrected chi connectivity index (χ4v) is 3.05. The minimum absolute atomic E-state index is 0.599. The summed E-state index contributed by atoms with van der Waals surface area (Å²) < 4.78 is 2.09. The Labute approximate surface area is 107 Å². The second kappa shape index (κ2) is 4.59. The standard InChI is InChI=1S/C14H20N4/c1-10-5-2-3-6-11(10)9-18-13-12(17-14(18)15)7-4-8-16-13/h4,7-8,10-11H,2-3,5-6,9H2,1H3,(H2,15,17). The average molecular weight is 244 g/mol. The SMILES string of the molecule is CC1CCCCC1Cn1c(N)nc2cccnc21. The Morgan fingerprint density at radius 1 is 1.39 bits per heavy atom. The van der Waals surface area contributed by atoms with Gasteiger partial charge >= 0.3 is 0 Å². The van der Waals surface area contributed by atoms with Crippen molar-refractivity contribution in [3.05, 3.63) is 18.3 Å². The summed E-state index contributed by atoms with van der Waals surface area (Å²) in [7, 11) is 0. The van der Waals surface area contributed by atoms with Gasteiger partial charge in [-0.1, -0.05) is 26.2 Å². The highest BCUT2D eigenvalue weighted by molar-refractivity contribution is 5.73. The molecule has 4 heteroatoms. The third-order valence-electron chi connectivity index (χ3n) is 4.24. The van der Waals surface area contributed by atoms with E-state index < -0.39 is 0 Å². The van der Waals surface area contributed by atoms with Crippen LogP contribution >= 0.6 is 0 Å². The van der Waals surface area contributed by atoms with Gasteiger partial charge in [0.2, 0.25) is 5.95 Å². The zero-order chi connectivity index (χ0) is 12.5. The van der Waals surface area contributed by atoms with Gasteiger partial charge in [0.15, 0.2) is 5.65 Å². The Morgan fingerprint density at radius 3 is 3.06 bits per heavy atom. The maximum absolute atomic E-state index is 6.03. The highest BCUT2D eigenvalue weighted by atomic mass is 15.2. The van der Waals surface area contributed by atoms with Crippen LogP contribution in [0, 0.1) is 11.8 Å². The predicted molar refractivity (Wildman–Crippen MR) is 73.1 cm³/mol. The Bertz CT molecular complexity index is 546. The Kier molecular flexibility index (Phi) is 2.94. The van der Waals surface area contributed by atoms with Gasteiger partial charge in [0.25, 0.3) is 0 Å². The minimum Gasteiger partial charge on any atom is -0.369 e. The van der Waals surface area contributed by atoms with E-state index in [1.807, 2.05) is 18.3 Å². The second-order valence-electron chi connectivity index (χ2n) is 5.45. The molecule has 18 heavy (non-hydrogen) atoms. The summed E-state index contributed by atoms with van der Waals surface area (Å²) in [5, 5.41) is 0. The number of pyridine rings is 1. The summed E-state index contributed by atoms with van der Waals surface area (Å²) in [6.07, 6.45) is 7.16. The van der Waals surface area contributed by atoms with E-state index in [1.165, 1.54) is 25.7 Å². The lowest BCUT2D eigenvalue weighted by atomic mass is 9.80. The molecule has 0 amide bonds. The van der Waals surface area contributed by atoms with Crippen molar-refractivity contribution in [2.45, 2.75) is 39.2 Å². The van der Waals surface area contributed by atoms with Crippen LogP contribution in [0.5, 0.6) is 0 Å². The molecule has 0 spiro atoms. The molecule has 2 aromatic rings. The molecule has 1 aliphatic rings. The van der Waals surface area contributed by atoms with Crippen LogP contribution in [0.1, 0.15) is 32.6 Å². The van der Waals surface area contributed by atoms with E-state index >= 15 is 0 Å². The third-order valence-corrected chi connectivity index (χ3v) is 4.24. The number of nitrogen functional groups attached to an aromatic ring is 1. The van der Waals surface area contributed by atoms with E-state index in [0.717, 1.165) is 23.6 Å². The van der Waals surface area contributed by atoms with Crippen LogP contribution in [0.25, 0.3) is 11.2 Å². The smallest absolute Gasteiger partial charge is 0.202 e. The van der Waals surface area contributed by atoms with Crippen LogP contribution in [-0.2, 0) is 6.54 Å². The van der Waals surface area contributed by atoms with Gasteiger partial charge in [0, 0.05) is 12.7 Å². The minimum atomic E-state index is 0.599. The molecule has 0 aromatic carbocycles. The van der Waals surface area contributed by atoms with Crippen molar-refractivity contribution in [3.8, 4) is 0 Å².